The van der Waals surface area contributed by atoms with Crippen LogP contribution in [0.4, 0.5) is 5.69 Å². The average Bonchev–Trinajstić information content (AvgIpc) is 3.38. The number of anilines is 1. The van der Waals surface area contributed by atoms with Crippen molar-refractivity contribution in [2.24, 2.45) is 5.10 Å². The summed E-state index contributed by atoms with van der Waals surface area (Å²) in [5.74, 6) is -1.14. The summed E-state index contributed by atoms with van der Waals surface area (Å²) in [6, 6.07) is 10.7. The maximum absolute atomic E-state index is 12.3. The van der Waals surface area contributed by atoms with Crippen molar-refractivity contribution in [3.05, 3.63) is 53.1 Å². The van der Waals surface area contributed by atoms with Crippen LogP contribution < -0.4 is 25.5 Å². The van der Waals surface area contributed by atoms with E-state index in [0.717, 1.165) is 24.0 Å². The minimum Gasteiger partial charge on any atom is -0.490 e. The molecule has 0 spiro atoms. The summed E-state index contributed by atoms with van der Waals surface area (Å²) in [6.45, 7) is 6.96. The molecule has 1 heterocycles. The van der Waals surface area contributed by atoms with Crippen LogP contribution in [0, 0.1) is 13.8 Å². The zero-order chi connectivity index (χ0) is 25.9. The van der Waals surface area contributed by atoms with Crippen molar-refractivity contribution in [2.45, 2.75) is 39.7 Å². The summed E-state index contributed by atoms with van der Waals surface area (Å²) in [7, 11) is 0. The zero-order valence-corrected chi connectivity index (χ0v) is 20.8. The number of hydrazone groups is 1. The maximum Gasteiger partial charge on any atom is 0.329 e. The van der Waals surface area contributed by atoms with E-state index in [2.05, 4.69) is 21.2 Å². The number of nitrogens with one attached hydrogen (secondary N) is 3. The number of hydrogen-bond acceptors (Lipinski definition) is 7. The van der Waals surface area contributed by atoms with E-state index in [1.54, 1.807) is 18.2 Å². The molecule has 36 heavy (non-hydrogen) atoms. The van der Waals surface area contributed by atoms with Crippen LogP contribution in [0.3, 0.4) is 0 Å². The lowest BCUT2D eigenvalue weighted by Gasteiger charge is -2.13. The number of ether oxygens (including phenoxy) is 3. The highest BCUT2D eigenvalue weighted by Crippen LogP contribution is 2.28. The van der Waals surface area contributed by atoms with Gasteiger partial charge in [0, 0.05) is 18.8 Å². The van der Waals surface area contributed by atoms with E-state index in [1.165, 1.54) is 6.21 Å². The number of hydrogen-bond donors (Lipinski definition) is 3. The smallest absolute Gasteiger partial charge is 0.329 e. The Hall–Kier alpha value is -3.92. The topological polar surface area (TPSA) is 127 Å². The van der Waals surface area contributed by atoms with Gasteiger partial charge in [-0.05, 0) is 80.6 Å². The highest BCUT2D eigenvalue weighted by molar-refractivity contribution is 6.35. The first-order chi connectivity index (χ1) is 17.4. The fourth-order valence-corrected chi connectivity index (χ4v) is 3.46. The lowest BCUT2D eigenvalue weighted by molar-refractivity contribution is -0.139. The molecule has 0 bridgehead atoms. The molecular formula is C26H32N4O6. The summed E-state index contributed by atoms with van der Waals surface area (Å²) in [6.07, 6.45) is 3.13. The summed E-state index contributed by atoms with van der Waals surface area (Å²) >= 11 is 0. The van der Waals surface area contributed by atoms with E-state index in [9.17, 15) is 14.4 Å². The number of aryl methyl sites for hydroxylation is 2. The molecule has 1 saturated heterocycles. The van der Waals surface area contributed by atoms with Gasteiger partial charge in [-0.15, -0.1) is 0 Å². The molecule has 10 nitrogen and oxygen atoms in total. The first kappa shape index (κ1) is 26.7. The Bertz CT molecular complexity index is 1110. The van der Waals surface area contributed by atoms with Gasteiger partial charge >= 0.3 is 11.8 Å². The average molecular weight is 497 g/mol. The molecule has 3 amide bonds. The molecule has 3 rings (SSSR count). The van der Waals surface area contributed by atoms with Crippen LogP contribution in [-0.4, -0.2) is 56.4 Å². The Morgan fingerprint density at radius 3 is 2.61 bits per heavy atom. The van der Waals surface area contributed by atoms with E-state index in [0.29, 0.717) is 36.0 Å². The molecule has 1 aliphatic heterocycles. The highest BCUT2D eigenvalue weighted by atomic mass is 16.5. The standard InChI is InChI=1S/C26H32N4O6/c1-4-34-23-13-19(14-28-30-26(33)25(32)27-15-21-6-5-11-35-21)8-10-22(23)36-16-24(31)29-20-9-7-17(2)18(3)12-20/h7-10,12-14,21H,4-6,11,15-16H2,1-3H3,(H,27,32)(H,29,31)(H,30,33)/b28-14-/t21-/m1/s1. The van der Waals surface area contributed by atoms with Crippen LogP contribution >= 0.6 is 0 Å². The van der Waals surface area contributed by atoms with E-state index in [1.807, 2.05) is 39.0 Å². The summed E-state index contributed by atoms with van der Waals surface area (Å²) in [4.78, 5) is 36.1. The lowest BCUT2D eigenvalue weighted by Crippen LogP contribution is -2.41. The number of carbonyl (C=O) groups excluding carboxylic acids is 3. The van der Waals surface area contributed by atoms with Gasteiger partial charge in [0.2, 0.25) is 0 Å². The Morgan fingerprint density at radius 2 is 1.89 bits per heavy atom. The molecule has 0 saturated carbocycles. The molecule has 2 aromatic rings. The quantitative estimate of drug-likeness (QED) is 0.263. The predicted octanol–water partition coefficient (Wildman–Crippen LogP) is 2.46. The largest absolute Gasteiger partial charge is 0.490 e. The van der Waals surface area contributed by atoms with E-state index in [-0.39, 0.29) is 25.2 Å². The minimum atomic E-state index is -0.871. The Kier molecular flexibility index (Phi) is 9.82. The van der Waals surface area contributed by atoms with Crippen molar-refractivity contribution in [1.82, 2.24) is 10.7 Å². The first-order valence-electron chi connectivity index (χ1n) is 11.8. The van der Waals surface area contributed by atoms with Gasteiger partial charge in [-0.25, -0.2) is 5.43 Å². The number of amides is 3. The Balaban J connectivity index is 1.51. The van der Waals surface area contributed by atoms with Crippen LogP contribution in [0.5, 0.6) is 11.5 Å². The highest BCUT2D eigenvalue weighted by Gasteiger charge is 2.19. The minimum absolute atomic E-state index is 0.0548. The van der Waals surface area contributed by atoms with Gasteiger partial charge in [-0.3, -0.25) is 14.4 Å². The second-order valence-electron chi connectivity index (χ2n) is 8.32. The molecule has 3 N–H and O–H groups in total. The summed E-state index contributed by atoms with van der Waals surface area (Å²) in [5, 5.41) is 9.17. The van der Waals surface area contributed by atoms with Crippen molar-refractivity contribution < 1.29 is 28.6 Å². The number of nitrogens with zero attached hydrogens (tertiary/aromatic N) is 1. The van der Waals surface area contributed by atoms with Crippen molar-refractivity contribution in [1.29, 1.82) is 0 Å². The zero-order valence-electron chi connectivity index (χ0n) is 20.8. The van der Waals surface area contributed by atoms with Gasteiger partial charge in [0.1, 0.15) is 0 Å². The van der Waals surface area contributed by atoms with Crippen molar-refractivity contribution >= 4 is 29.6 Å². The molecule has 10 heteroatoms. The molecule has 0 aliphatic carbocycles. The summed E-state index contributed by atoms with van der Waals surface area (Å²) in [5.41, 5.74) is 5.73. The van der Waals surface area contributed by atoms with E-state index >= 15 is 0 Å². The van der Waals surface area contributed by atoms with Crippen LogP contribution in [0.1, 0.15) is 36.5 Å². The van der Waals surface area contributed by atoms with Gasteiger partial charge in [0.05, 0.1) is 18.9 Å². The van der Waals surface area contributed by atoms with E-state index in [4.69, 9.17) is 14.2 Å². The van der Waals surface area contributed by atoms with Crippen molar-refractivity contribution in [2.75, 3.05) is 31.7 Å². The molecule has 192 valence electrons. The Morgan fingerprint density at radius 1 is 1.06 bits per heavy atom. The summed E-state index contributed by atoms with van der Waals surface area (Å²) < 4.78 is 16.7. The predicted molar refractivity (Wildman–Crippen MR) is 135 cm³/mol. The first-order valence-corrected chi connectivity index (χ1v) is 11.8. The van der Waals surface area contributed by atoms with E-state index < -0.39 is 11.8 Å². The molecule has 1 atom stereocenters. The second kappa shape index (κ2) is 13.2. The fraction of sp³-hybridized carbons (Fsp3) is 0.385. The normalized spacial score (nSPS) is 14.9. The molecular weight excluding hydrogens is 464 g/mol. The van der Waals surface area contributed by atoms with Gasteiger partial charge in [-0.2, -0.15) is 5.10 Å². The third-order valence-corrected chi connectivity index (χ3v) is 5.52. The lowest BCUT2D eigenvalue weighted by atomic mass is 10.1. The Labute approximate surface area is 210 Å². The molecule has 0 unspecified atom stereocenters. The number of benzene rings is 2. The molecule has 2 aromatic carbocycles. The molecule has 0 aromatic heterocycles. The maximum atomic E-state index is 12.3. The van der Waals surface area contributed by atoms with Crippen LogP contribution in [0.15, 0.2) is 41.5 Å². The molecule has 1 aliphatic rings. The third kappa shape index (κ3) is 8.09. The monoisotopic (exact) mass is 496 g/mol. The SMILES string of the molecule is CCOc1cc(/C=N\NC(=O)C(=O)NC[C@H]2CCCO2)ccc1OCC(=O)Nc1ccc(C)c(C)c1. The number of rotatable bonds is 10. The molecule has 1 fully saturated rings. The van der Waals surface area contributed by atoms with Crippen molar-refractivity contribution in [3.8, 4) is 11.5 Å². The van der Waals surface area contributed by atoms with Crippen LogP contribution in [-0.2, 0) is 19.1 Å². The second-order valence-corrected chi connectivity index (χ2v) is 8.32. The van der Waals surface area contributed by atoms with Gasteiger partial charge in [-0.1, -0.05) is 6.07 Å². The van der Waals surface area contributed by atoms with Gasteiger partial charge < -0.3 is 24.8 Å². The third-order valence-electron chi connectivity index (χ3n) is 5.52. The van der Waals surface area contributed by atoms with Crippen LogP contribution in [0.2, 0.25) is 0 Å². The fourth-order valence-electron chi connectivity index (χ4n) is 3.46. The van der Waals surface area contributed by atoms with Gasteiger partial charge in [0.15, 0.2) is 18.1 Å². The molecule has 0 radical (unpaired) electrons. The van der Waals surface area contributed by atoms with Crippen LogP contribution in [0.25, 0.3) is 0 Å². The van der Waals surface area contributed by atoms with Crippen molar-refractivity contribution in [3.63, 3.8) is 0 Å². The van der Waals surface area contributed by atoms with Gasteiger partial charge in [0.25, 0.3) is 5.91 Å². The number of carbonyl (C=O) groups is 3.